The Morgan fingerprint density at radius 1 is 0.917 bits per heavy atom. The monoisotopic (exact) mass is 474 g/mol. The molecule has 176 valence electrons. The van der Waals surface area contributed by atoms with Crippen LogP contribution in [-0.2, 0) is 6.61 Å². The number of carbonyl (C=O) groups excluding carboxylic acids is 1. The van der Waals surface area contributed by atoms with Gasteiger partial charge in [0.15, 0.2) is 5.43 Å². The van der Waals surface area contributed by atoms with Crippen LogP contribution in [0.15, 0.2) is 106 Å². The summed E-state index contributed by atoms with van der Waals surface area (Å²) in [6, 6.07) is 27.4. The number of anilines is 1. The lowest BCUT2D eigenvalue weighted by Gasteiger charge is -2.24. The molecule has 1 amide bonds. The fourth-order valence-corrected chi connectivity index (χ4v) is 4.62. The Balaban J connectivity index is 1.44. The molecule has 0 saturated carbocycles. The minimum Gasteiger partial charge on any atom is -0.489 e. The number of aryl methyl sites for hydroxylation is 1. The van der Waals surface area contributed by atoms with E-state index in [4.69, 9.17) is 9.15 Å². The maximum absolute atomic E-state index is 13.7. The highest BCUT2D eigenvalue weighted by atomic mass is 16.5. The second kappa shape index (κ2) is 8.82. The average molecular weight is 475 g/mol. The number of hydrogen-bond acceptors (Lipinski definition) is 5. The van der Waals surface area contributed by atoms with Crippen molar-refractivity contribution < 1.29 is 13.9 Å². The van der Waals surface area contributed by atoms with Crippen LogP contribution in [0.4, 0.5) is 5.82 Å². The lowest BCUT2D eigenvalue weighted by atomic mass is 9.98. The number of pyridine rings is 1. The molecule has 0 fully saturated rings. The molecule has 2 aromatic heterocycles. The summed E-state index contributed by atoms with van der Waals surface area (Å²) in [5.74, 6) is 0.801. The van der Waals surface area contributed by atoms with Gasteiger partial charge in [0.2, 0.25) is 5.76 Å². The molecule has 3 aromatic carbocycles. The zero-order chi connectivity index (χ0) is 24.6. The number of amides is 1. The number of nitrogens with zero attached hydrogens (tertiary/aromatic N) is 2. The van der Waals surface area contributed by atoms with Gasteiger partial charge in [-0.15, -0.1) is 0 Å². The molecule has 6 rings (SSSR count). The van der Waals surface area contributed by atoms with Crippen LogP contribution < -0.4 is 15.1 Å². The Kier molecular flexibility index (Phi) is 5.34. The summed E-state index contributed by atoms with van der Waals surface area (Å²) in [5, 5.41) is 0.456. The first-order chi connectivity index (χ1) is 17.6. The maximum Gasteiger partial charge on any atom is 0.296 e. The standard InChI is InChI=1S/C30H22N2O4/c1-19-10-15-24-23(17-19)28(33)26-27(32(30(34)29(26)36-24)25-9-5-6-16-31-25)21-11-13-22(14-12-21)35-18-20-7-3-2-4-8-20/h2-17,27H,18H2,1H3. The zero-order valence-corrected chi connectivity index (χ0v) is 19.5. The number of rotatable bonds is 5. The van der Waals surface area contributed by atoms with Gasteiger partial charge in [0.25, 0.3) is 5.91 Å². The highest BCUT2D eigenvalue weighted by Crippen LogP contribution is 2.40. The summed E-state index contributed by atoms with van der Waals surface area (Å²) in [6.45, 7) is 2.36. The van der Waals surface area contributed by atoms with Gasteiger partial charge in [-0.25, -0.2) is 4.98 Å². The molecule has 1 aliphatic rings. The second-order valence-electron chi connectivity index (χ2n) is 8.78. The molecule has 0 N–H and O–H groups in total. The first kappa shape index (κ1) is 21.8. The van der Waals surface area contributed by atoms with Crippen LogP contribution in [0.3, 0.4) is 0 Å². The molecule has 1 aliphatic heterocycles. The summed E-state index contributed by atoms with van der Waals surface area (Å²) in [7, 11) is 0. The van der Waals surface area contributed by atoms with E-state index in [2.05, 4.69) is 4.98 Å². The number of aromatic nitrogens is 1. The van der Waals surface area contributed by atoms with E-state index in [1.165, 1.54) is 4.90 Å². The topological polar surface area (TPSA) is 72.6 Å². The van der Waals surface area contributed by atoms with Crippen molar-refractivity contribution in [2.45, 2.75) is 19.6 Å². The molecular formula is C30H22N2O4. The fraction of sp³-hybridized carbons (Fsp3) is 0.100. The molecule has 0 radical (unpaired) electrons. The first-order valence-electron chi connectivity index (χ1n) is 11.7. The Hall–Kier alpha value is -4.71. The van der Waals surface area contributed by atoms with Gasteiger partial charge in [-0.2, -0.15) is 0 Å². The Bertz CT molecular complexity index is 1630. The normalized spacial score (nSPS) is 14.8. The summed E-state index contributed by atoms with van der Waals surface area (Å²) in [5.41, 5.74) is 3.27. The minimum absolute atomic E-state index is 0.0522. The van der Waals surface area contributed by atoms with Gasteiger partial charge in [-0.1, -0.05) is 60.2 Å². The minimum atomic E-state index is -0.674. The summed E-state index contributed by atoms with van der Waals surface area (Å²) in [4.78, 5) is 33.2. The first-order valence-corrected chi connectivity index (χ1v) is 11.7. The van der Waals surface area contributed by atoms with E-state index in [1.54, 1.807) is 30.5 Å². The fourth-order valence-electron chi connectivity index (χ4n) is 4.62. The molecule has 36 heavy (non-hydrogen) atoms. The van der Waals surface area contributed by atoms with Crippen molar-refractivity contribution in [3.05, 3.63) is 135 Å². The van der Waals surface area contributed by atoms with Gasteiger partial charge in [0.1, 0.15) is 23.8 Å². The van der Waals surface area contributed by atoms with Gasteiger partial charge < -0.3 is 9.15 Å². The van der Waals surface area contributed by atoms with E-state index in [0.29, 0.717) is 34.7 Å². The van der Waals surface area contributed by atoms with Crippen molar-refractivity contribution in [2.75, 3.05) is 4.90 Å². The molecular weight excluding hydrogens is 452 g/mol. The number of ether oxygens (including phenoxy) is 1. The van der Waals surface area contributed by atoms with E-state index in [9.17, 15) is 9.59 Å². The molecule has 5 aromatic rings. The van der Waals surface area contributed by atoms with Gasteiger partial charge in [0, 0.05) is 6.20 Å². The van der Waals surface area contributed by atoms with Crippen molar-refractivity contribution >= 4 is 22.7 Å². The lowest BCUT2D eigenvalue weighted by Crippen LogP contribution is -2.30. The smallest absolute Gasteiger partial charge is 0.296 e. The van der Waals surface area contributed by atoms with Crippen LogP contribution >= 0.6 is 0 Å². The predicted octanol–water partition coefficient (Wildman–Crippen LogP) is 5.83. The quantitative estimate of drug-likeness (QED) is 0.321. The number of benzene rings is 3. The molecule has 0 saturated heterocycles. The number of carbonyl (C=O) groups is 1. The van der Waals surface area contributed by atoms with Gasteiger partial charge >= 0.3 is 0 Å². The Morgan fingerprint density at radius 2 is 1.69 bits per heavy atom. The third kappa shape index (κ3) is 3.73. The SMILES string of the molecule is Cc1ccc2oc3c(c(=O)c2c1)C(c1ccc(OCc2ccccc2)cc1)N(c1ccccn1)C3=O. The van der Waals surface area contributed by atoms with Crippen molar-refractivity contribution in [3.8, 4) is 5.75 Å². The molecule has 0 aliphatic carbocycles. The van der Waals surface area contributed by atoms with Crippen molar-refractivity contribution in [3.63, 3.8) is 0 Å². The predicted molar refractivity (Wildman–Crippen MR) is 137 cm³/mol. The molecule has 0 bridgehead atoms. The molecule has 0 spiro atoms. The van der Waals surface area contributed by atoms with Crippen LogP contribution in [0.25, 0.3) is 11.0 Å². The van der Waals surface area contributed by atoms with Gasteiger partial charge in [0.05, 0.1) is 17.0 Å². The van der Waals surface area contributed by atoms with Crippen LogP contribution in [-0.4, -0.2) is 10.9 Å². The summed E-state index contributed by atoms with van der Waals surface area (Å²) in [6.07, 6.45) is 1.62. The number of fused-ring (bicyclic) bond motifs is 2. The molecule has 3 heterocycles. The van der Waals surface area contributed by atoms with Gasteiger partial charge in [-0.05, 0) is 54.4 Å². The van der Waals surface area contributed by atoms with E-state index in [0.717, 1.165) is 16.7 Å². The van der Waals surface area contributed by atoms with Crippen molar-refractivity contribution in [1.82, 2.24) is 4.98 Å². The van der Waals surface area contributed by atoms with E-state index >= 15 is 0 Å². The molecule has 6 nitrogen and oxygen atoms in total. The van der Waals surface area contributed by atoms with E-state index in [-0.39, 0.29) is 11.2 Å². The summed E-state index contributed by atoms with van der Waals surface area (Å²) >= 11 is 0. The van der Waals surface area contributed by atoms with Gasteiger partial charge in [-0.3, -0.25) is 14.5 Å². The number of hydrogen-bond donors (Lipinski definition) is 0. The highest BCUT2D eigenvalue weighted by Gasteiger charge is 2.44. The second-order valence-corrected chi connectivity index (χ2v) is 8.78. The largest absolute Gasteiger partial charge is 0.489 e. The maximum atomic E-state index is 13.7. The van der Waals surface area contributed by atoms with E-state index in [1.807, 2.05) is 73.7 Å². The Morgan fingerprint density at radius 3 is 2.44 bits per heavy atom. The zero-order valence-electron chi connectivity index (χ0n) is 19.5. The Labute approximate surface area is 207 Å². The average Bonchev–Trinajstić information content (AvgIpc) is 3.21. The lowest BCUT2D eigenvalue weighted by molar-refractivity contribution is 0.0970. The third-order valence-corrected chi connectivity index (χ3v) is 6.37. The van der Waals surface area contributed by atoms with E-state index < -0.39 is 11.9 Å². The van der Waals surface area contributed by atoms with Crippen LogP contribution in [0.5, 0.6) is 5.75 Å². The van der Waals surface area contributed by atoms with Crippen LogP contribution in [0.2, 0.25) is 0 Å². The van der Waals surface area contributed by atoms with Crippen molar-refractivity contribution in [2.24, 2.45) is 0 Å². The summed E-state index contributed by atoms with van der Waals surface area (Å²) < 4.78 is 12.0. The molecule has 1 unspecified atom stereocenters. The highest BCUT2D eigenvalue weighted by molar-refractivity contribution is 6.10. The molecule has 6 heteroatoms. The third-order valence-electron chi connectivity index (χ3n) is 6.37. The van der Waals surface area contributed by atoms with Crippen LogP contribution in [0.1, 0.15) is 38.9 Å². The van der Waals surface area contributed by atoms with Crippen molar-refractivity contribution in [1.29, 1.82) is 0 Å². The van der Waals surface area contributed by atoms with Crippen LogP contribution in [0, 0.1) is 6.92 Å². The molecule has 1 atom stereocenters.